The highest BCUT2D eigenvalue weighted by Crippen LogP contribution is 2.32. The zero-order valence-electron chi connectivity index (χ0n) is 17.8. The molecular weight excluding hydrogens is 372 g/mol. The lowest BCUT2D eigenvalue weighted by Crippen LogP contribution is -3.13. The van der Waals surface area contributed by atoms with Crippen molar-refractivity contribution >= 4 is 5.91 Å². The van der Waals surface area contributed by atoms with Crippen LogP contribution in [0.2, 0.25) is 0 Å². The van der Waals surface area contributed by atoms with Gasteiger partial charge in [-0.1, -0.05) is 0 Å². The molecular formula is C20H31N6O3+. The Bertz CT molecular complexity index is 852. The summed E-state index contributed by atoms with van der Waals surface area (Å²) in [5.74, 6) is 1.96. The fourth-order valence-corrected chi connectivity index (χ4v) is 4.02. The zero-order valence-corrected chi connectivity index (χ0v) is 17.8. The molecule has 0 aliphatic carbocycles. The second-order valence-corrected chi connectivity index (χ2v) is 8.50. The van der Waals surface area contributed by atoms with Gasteiger partial charge in [-0.05, 0) is 49.4 Å². The summed E-state index contributed by atoms with van der Waals surface area (Å²) in [6.45, 7) is 7.79. The first-order chi connectivity index (χ1) is 13.8. The second kappa shape index (κ2) is 8.36. The van der Waals surface area contributed by atoms with E-state index in [0.717, 1.165) is 48.8 Å². The van der Waals surface area contributed by atoms with Crippen molar-refractivity contribution in [3.63, 3.8) is 0 Å². The van der Waals surface area contributed by atoms with Crippen LogP contribution < -0.4 is 20.1 Å². The Morgan fingerprint density at radius 2 is 1.93 bits per heavy atom. The van der Waals surface area contributed by atoms with Gasteiger partial charge in [0.25, 0.3) is 0 Å². The van der Waals surface area contributed by atoms with Gasteiger partial charge in [0.15, 0.2) is 6.04 Å². The smallest absolute Gasteiger partial charge is 0.220 e. The Kier molecular flexibility index (Phi) is 6.07. The third kappa shape index (κ3) is 4.34. The van der Waals surface area contributed by atoms with E-state index < -0.39 is 0 Å². The lowest BCUT2D eigenvalue weighted by molar-refractivity contribution is -0.931. The summed E-state index contributed by atoms with van der Waals surface area (Å²) in [7, 11) is 3.30. The number of quaternary nitrogens is 1. The molecule has 1 saturated heterocycles. The normalized spacial score (nSPS) is 20.9. The molecule has 1 amide bonds. The van der Waals surface area contributed by atoms with Crippen LogP contribution in [-0.4, -0.2) is 53.4 Å². The molecule has 0 unspecified atom stereocenters. The molecule has 9 heteroatoms. The molecule has 1 atom stereocenters. The molecule has 1 aromatic carbocycles. The van der Waals surface area contributed by atoms with Crippen molar-refractivity contribution < 1.29 is 19.2 Å². The first-order valence-corrected chi connectivity index (χ1v) is 9.90. The predicted molar refractivity (Wildman–Crippen MR) is 107 cm³/mol. The van der Waals surface area contributed by atoms with Crippen LogP contribution in [-0.2, 0) is 10.3 Å². The number of primary amides is 1. The number of likely N-dealkylation sites (tertiary alicyclic amines) is 1. The zero-order chi connectivity index (χ0) is 21.2. The van der Waals surface area contributed by atoms with Gasteiger partial charge in [-0.3, -0.25) is 4.79 Å². The molecule has 9 nitrogen and oxygen atoms in total. The lowest BCUT2D eigenvalue weighted by Gasteiger charge is -2.35. The lowest BCUT2D eigenvalue weighted by atomic mass is 9.92. The first kappa shape index (κ1) is 21.0. The van der Waals surface area contributed by atoms with E-state index in [-0.39, 0.29) is 23.4 Å². The molecule has 2 heterocycles. The highest BCUT2D eigenvalue weighted by molar-refractivity contribution is 5.76. The molecule has 2 aromatic rings. The molecule has 3 N–H and O–H groups in total. The van der Waals surface area contributed by atoms with E-state index in [1.165, 1.54) is 4.90 Å². The van der Waals surface area contributed by atoms with Crippen molar-refractivity contribution in [1.29, 1.82) is 0 Å². The topological polar surface area (TPSA) is 110 Å². The number of carbonyl (C=O) groups is 1. The third-order valence-electron chi connectivity index (χ3n) is 5.57. The number of ether oxygens (including phenoxy) is 2. The fourth-order valence-electron chi connectivity index (χ4n) is 4.02. The van der Waals surface area contributed by atoms with Gasteiger partial charge in [-0.25, -0.2) is 4.68 Å². The van der Waals surface area contributed by atoms with Gasteiger partial charge >= 0.3 is 0 Å². The molecule has 1 fully saturated rings. The van der Waals surface area contributed by atoms with E-state index in [9.17, 15) is 4.79 Å². The van der Waals surface area contributed by atoms with E-state index in [1.807, 2.05) is 22.9 Å². The minimum absolute atomic E-state index is 0.0785. The summed E-state index contributed by atoms with van der Waals surface area (Å²) in [5.41, 5.74) is 6.21. The second-order valence-electron chi connectivity index (χ2n) is 8.50. The number of hydrogen-bond donors (Lipinski definition) is 2. The summed E-state index contributed by atoms with van der Waals surface area (Å²) >= 11 is 0. The van der Waals surface area contributed by atoms with Crippen LogP contribution in [0.25, 0.3) is 0 Å². The molecule has 158 valence electrons. The van der Waals surface area contributed by atoms with Crippen LogP contribution in [0.1, 0.15) is 51.0 Å². The van der Waals surface area contributed by atoms with Crippen molar-refractivity contribution in [1.82, 2.24) is 20.2 Å². The maximum atomic E-state index is 11.6. The quantitative estimate of drug-likeness (QED) is 0.719. The number of nitrogens with one attached hydrogen (secondary N) is 1. The standard InChI is InChI=1S/C20H30N6O3/c1-20(2,3)26-19(22-23-24-26)17(25-10-8-13(9-11-25)18(21)27)15-12-14(28-4)6-7-16(15)29-5/h6-7,12-13,17H,8-11H2,1-5H3,(H2,21,27)/p+1/t17-/m0/s1. The van der Waals surface area contributed by atoms with Gasteiger partial charge in [0.1, 0.15) is 11.5 Å². The molecule has 0 radical (unpaired) electrons. The number of rotatable bonds is 6. The summed E-state index contributed by atoms with van der Waals surface area (Å²) < 4.78 is 13.0. The Morgan fingerprint density at radius 3 is 2.48 bits per heavy atom. The summed E-state index contributed by atoms with van der Waals surface area (Å²) in [6.07, 6.45) is 1.48. The van der Waals surface area contributed by atoms with E-state index >= 15 is 0 Å². The number of tetrazole rings is 1. The van der Waals surface area contributed by atoms with Gasteiger partial charge in [-0.15, -0.1) is 5.10 Å². The fraction of sp³-hybridized carbons (Fsp3) is 0.600. The minimum Gasteiger partial charge on any atom is -0.497 e. The molecule has 29 heavy (non-hydrogen) atoms. The predicted octanol–water partition coefficient (Wildman–Crippen LogP) is 0.315. The van der Waals surface area contributed by atoms with E-state index in [4.69, 9.17) is 15.2 Å². The van der Waals surface area contributed by atoms with Crippen LogP contribution >= 0.6 is 0 Å². The maximum absolute atomic E-state index is 11.6. The average molecular weight is 404 g/mol. The number of aromatic nitrogens is 4. The van der Waals surface area contributed by atoms with E-state index in [2.05, 4.69) is 36.3 Å². The monoisotopic (exact) mass is 403 g/mol. The Hall–Kier alpha value is -2.68. The molecule has 1 aliphatic rings. The van der Waals surface area contributed by atoms with Crippen LogP contribution in [0.15, 0.2) is 18.2 Å². The van der Waals surface area contributed by atoms with E-state index in [1.54, 1.807) is 14.2 Å². The van der Waals surface area contributed by atoms with Gasteiger partial charge in [0.05, 0.1) is 38.4 Å². The molecule has 0 spiro atoms. The van der Waals surface area contributed by atoms with Gasteiger partial charge in [0.2, 0.25) is 11.7 Å². The van der Waals surface area contributed by atoms with Gasteiger partial charge in [0, 0.05) is 18.8 Å². The first-order valence-electron chi connectivity index (χ1n) is 9.90. The summed E-state index contributed by atoms with van der Waals surface area (Å²) in [5, 5.41) is 12.7. The highest BCUT2D eigenvalue weighted by Gasteiger charge is 2.39. The summed E-state index contributed by atoms with van der Waals surface area (Å²) in [4.78, 5) is 12.9. The molecule has 0 saturated carbocycles. The van der Waals surface area contributed by atoms with Crippen LogP contribution in [0.5, 0.6) is 11.5 Å². The Labute approximate surface area is 171 Å². The number of methoxy groups -OCH3 is 2. The summed E-state index contributed by atoms with van der Waals surface area (Å²) in [6, 6.07) is 5.60. The van der Waals surface area contributed by atoms with Crippen LogP contribution in [0.3, 0.4) is 0 Å². The number of piperidine rings is 1. The number of nitrogens with two attached hydrogens (primary N) is 1. The van der Waals surface area contributed by atoms with Crippen molar-refractivity contribution in [3.8, 4) is 11.5 Å². The molecule has 0 bridgehead atoms. The molecule has 1 aliphatic heterocycles. The van der Waals surface area contributed by atoms with Crippen molar-refractivity contribution in [2.45, 2.75) is 45.2 Å². The largest absolute Gasteiger partial charge is 0.497 e. The SMILES string of the molecule is COc1ccc(OC)c([C@@H](c2nnnn2C(C)(C)C)[NH+]2CCC(C(N)=O)CC2)c1. The average Bonchev–Trinajstić information content (AvgIpc) is 3.18. The number of amides is 1. The van der Waals surface area contributed by atoms with Crippen molar-refractivity contribution in [2.24, 2.45) is 11.7 Å². The number of nitrogens with zero attached hydrogens (tertiary/aromatic N) is 4. The van der Waals surface area contributed by atoms with Crippen LogP contribution in [0, 0.1) is 5.92 Å². The number of carbonyl (C=O) groups excluding carboxylic acids is 1. The van der Waals surface area contributed by atoms with Gasteiger partial charge in [-0.2, -0.15) is 0 Å². The van der Waals surface area contributed by atoms with Crippen LogP contribution in [0.4, 0.5) is 0 Å². The molecule has 1 aromatic heterocycles. The number of benzene rings is 1. The minimum atomic E-state index is -0.284. The molecule has 3 rings (SSSR count). The van der Waals surface area contributed by atoms with Gasteiger partial charge < -0.3 is 20.1 Å². The number of hydrogen-bond acceptors (Lipinski definition) is 6. The maximum Gasteiger partial charge on any atom is 0.220 e. The third-order valence-corrected chi connectivity index (χ3v) is 5.57. The highest BCUT2D eigenvalue weighted by atomic mass is 16.5. The van der Waals surface area contributed by atoms with Crippen molar-refractivity contribution in [3.05, 3.63) is 29.6 Å². The van der Waals surface area contributed by atoms with E-state index in [0.29, 0.717) is 0 Å². The Balaban J connectivity index is 2.09. The van der Waals surface area contributed by atoms with Crippen molar-refractivity contribution in [2.75, 3.05) is 27.3 Å². The Morgan fingerprint density at radius 1 is 1.24 bits per heavy atom.